The Labute approximate surface area is 128 Å². The molecular formula is C15H22N4OS. The van der Waals surface area contributed by atoms with Gasteiger partial charge >= 0.3 is 0 Å². The van der Waals surface area contributed by atoms with E-state index < -0.39 is 0 Å². The number of nitrogens with zero attached hydrogens (tertiary/aromatic N) is 1. The summed E-state index contributed by atoms with van der Waals surface area (Å²) in [4.78, 5) is 13.6. The zero-order valence-electron chi connectivity index (χ0n) is 12.6. The fourth-order valence-electron chi connectivity index (χ4n) is 2.27. The van der Waals surface area contributed by atoms with E-state index in [2.05, 4.69) is 22.4 Å². The number of aromatic amines is 1. The van der Waals surface area contributed by atoms with Crippen LogP contribution in [0.25, 0.3) is 0 Å². The van der Waals surface area contributed by atoms with Crippen LogP contribution in [0.3, 0.4) is 0 Å². The quantitative estimate of drug-likeness (QED) is 0.764. The van der Waals surface area contributed by atoms with Crippen LogP contribution in [0.2, 0.25) is 0 Å². The molecule has 5 nitrogen and oxygen atoms in total. The molecule has 2 rings (SSSR count). The van der Waals surface area contributed by atoms with Gasteiger partial charge in [0.1, 0.15) is 0 Å². The number of hydrogen-bond acceptors (Lipinski definition) is 4. The number of anilines is 1. The van der Waals surface area contributed by atoms with Crippen molar-refractivity contribution in [3.05, 3.63) is 33.8 Å². The van der Waals surface area contributed by atoms with E-state index in [9.17, 15) is 4.79 Å². The van der Waals surface area contributed by atoms with Crippen LogP contribution in [0.4, 0.5) is 5.69 Å². The van der Waals surface area contributed by atoms with Gasteiger partial charge in [-0.05, 0) is 23.8 Å². The summed E-state index contributed by atoms with van der Waals surface area (Å²) in [5.41, 5.74) is 7.57. The second-order valence-corrected chi connectivity index (χ2v) is 6.36. The Morgan fingerprint density at radius 3 is 2.81 bits per heavy atom. The molecule has 2 heterocycles. The van der Waals surface area contributed by atoms with Gasteiger partial charge in [0.25, 0.3) is 5.91 Å². The minimum absolute atomic E-state index is 0.0149. The standard InChI is InChI=1S/C15H22N4OS/c1-4-6-10(11-7-5-8-21-11)17-15(20)14-12(16)13(9(2)3)18-19-14/h5,7-10H,4,6,16H2,1-3H3,(H,17,20)(H,18,19). The number of nitrogens with two attached hydrogens (primary N) is 1. The van der Waals surface area contributed by atoms with Crippen LogP contribution in [0.1, 0.15) is 66.6 Å². The van der Waals surface area contributed by atoms with Crippen molar-refractivity contribution in [1.29, 1.82) is 0 Å². The summed E-state index contributed by atoms with van der Waals surface area (Å²) in [6.45, 7) is 6.13. The first kappa shape index (κ1) is 15.6. The highest BCUT2D eigenvalue weighted by atomic mass is 32.1. The van der Waals surface area contributed by atoms with Gasteiger partial charge in [0.05, 0.1) is 17.4 Å². The first-order valence-corrected chi connectivity index (χ1v) is 8.10. The van der Waals surface area contributed by atoms with Gasteiger partial charge in [0.2, 0.25) is 0 Å². The van der Waals surface area contributed by atoms with E-state index in [1.54, 1.807) is 11.3 Å². The van der Waals surface area contributed by atoms with Crippen molar-refractivity contribution < 1.29 is 4.79 Å². The highest BCUT2D eigenvalue weighted by molar-refractivity contribution is 7.10. The Morgan fingerprint density at radius 2 is 2.29 bits per heavy atom. The maximum atomic E-state index is 12.4. The second-order valence-electron chi connectivity index (χ2n) is 5.38. The maximum Gasteiger partial charge on any atom is 0.274 e. The van der Waals surface area contributed by atoms with Crippen LogP contribution >= 0.6 is 11.3 Å². The number of rotatable bonds is 6. The molecule has 4 N–H and O–H groups in total. The van der Waals surface area contributed by atoms with E-state index in [1.165, 1.54) is 0 Å². The Bertz CT molecular complexity index is 589. The van der Waals surface area contributed by atoms with Crippen LogP contribution in [0.5, 0.6) is 0 Å². The van der Waals surface area contributed by atoms with Crippen molar-refractivity contribution in [3.8, 4) is 0 Å². The first-order valence-electron chi connectivity index (χ1n) is 7.22. The number of amides is 1. The summed E-state index contributed by atoms with van der Waals surface area (Å²) in [5.74, 6) is -0.00900. The largest absolute Gasteiger partial charge is 0.395 e. The van der Waals surface area contributed by atoms with Crippen LogP contribution in [0.15, 0.2) is 17.5 Å². The molecule has 21 heavy (non-hydrogen) atoms. The first-order chi connectivity index (χ1) is 10.0. The van der Waals surface area contributed by atoms with Gasteiger partial charge in [-0.15, -0.1) is 11.3 Å². The Balaban J connectivity index is 2.16. The second kappa shape index (κ2) is 6.76. The molecule has 6 heteroatoms. The van der Waals surface area contributed by atoms with E-state index in [1.807, 2.05) is 31.4 Å². The van der Waals surface area contributed by atoms with Crippen molar-refractivity contribution in [2.75, 3.05) is 5.73 Å². The number of carbonyl (C=O) groups is 1. The van der Waals surface area contributed by atoms with E-state index >= 15 is 0 Å². The van der Waals surface area contributed by atoms with Crippen LogP contribution in [-0.4, -0.2) is 16.1 Å². The van der Waals surface area contributed by atoms with Gasteiger partial charge < -0.3 is 11.1 Å². The highest BCUT2D eigenvalue weighted by Gasteiger charge is 2.22. The minimum atomic E-state index is -0.220. The topological polar surface area (TPSA) is 83.8 Å². The number of nitrogen functional groups attached to an aromatic ring is 1. The van der Waals surface area contributed by atoms with E-state index in [4.69, 9.17) is 5.73 Å². The summed E-state index contributed by atoms with van der Waals surface area (Å²) >= 11 is 1.65. The molecule has 0 radical (unpaired) electrons. The summed E-state index contributed by atoms with van der Waals surface area (Å²) in [7, 11) is 0. The maximum absolute atomic E-state index is 12.4. The molecule has 0 aliphatic heterocycles. The molecule has 0 bridgehead atoms. The lowest BCUT2D eigenvalue weighted by molar-refractivity contribution is 0.0931. The smallest absolute Gasteiger partial charge is 0.274 e. The SMILES string of the molecule is CCCC(NC(=O)c1n[nH]c(C(C)C)c1N)c1cccs1. The predicted octanol–water partition coefficient (Wildman–Crippen LogP) is 3.45. The lowest BCUT2D eigenvalue weighted by Gasteiger charge is -2.16. The van der Waals surface area contributed by atoms with Crippen molar-refractivity contribution in [1.82, 2.24) is 15.5 Å². The molecule has 1 atom stereocenters. The van der Waals surface area contributed by atoms with Crippen LogP contribution in [-0.2, 0) is 0 Å². The van der Waals surface area contributed by atoms with Gasteiger partial charge in [0.15, 0.2) is 5.69 Å². The molecule has 0 saturated carbocycles. The number of carbonyl (C=O) groups excluding carboxylic acids is 1. The molecular weight excluding hydrogens is 284 g/mol. The lowest BCUT2D eigenvalue weighted by atomic mass is 10.1. The number of hydrogen-bond donors (Lipinski definition) is 3. The van der Waals surface area contributed by atoms with Crippen LogP contribution < -0.4 is 11.1 Å². The van der Waals surface area contributed by atoms with Crippen molar-refractivity contribution in [2.24, 2.45) is 0 Å². The van der Waals surface area contributed by atoms with Gasteiger partial charge in [-0.25, -0.2) is 0 Å². The van der Waals surface area contributed by atoms with Gasteiger partial charge in [-0.3, -0.25) is 9.89 Å². The monoisotopic (exact) mass is 306 g/mol. The molecule has 0 aliphatic rings. The van der Waals surface area contributed by atoms with Gasteiger partial charge in [-0.1, -0.05) is 33.3 Å². The Hall–Kier alpha value is -1.82. The Kier molecular flexibility index (Phi) is 5.01. The fourth-order valence-corrected chi connectivity index (χ4v) is 3.08. The molecule has 1 unspecified atom stereocenters. The summed E-state index contributed by atoms with van der Waals surface area (Å²) in [6.07, 6.45) is 1.89. The average molecular weight is 306 g/mol. The highest BCUT2D eigenvalue weighted by Crippen LogP contribution is 2.26. The zero-order chi connectivity index (χ0) is 15.4. The minimum Gasteiger partial charge on any atom is -0.395 e. The lowest BCUT2D eigenvalue weighted by Crippen LogP contribution is -2.29. The van der Waals surface area contributed by atoms with Crippen LogP contribution in [0, 0.1) is 0 Å². The molecule has 0 aromatic carbocycles. The van der Waals surface area contributed by atoms with Crippen molar-refractivity contribution in [3.63, 3.8) is 0 Å². The van der Waals surface area contributed by atoms with E-state index in [0.717, 1.165) is 23.4 Å². The van der Waals surface area contributed by atoms with E-state index in [-0.39, 0.29) is 23.6 Å². The molecule has 2 aromatic rings. The Morgan fingerprint density at radius 1 is 1.52 bits per heavy atom. The third-order valence-corrected chi connectivity index (χ3v) is 4.38. The molecule has 0 spiro atoms. The van der Waals surface area contributed by atoms with Gasteiger partial charge in [0, 0.05) is 4.88 Å². The third kappa shape index (κ3) is 3.44. The normalized spacial score (nSPS) is 12.6. The fraction of sp³-hybridized carbons (Fsp3) is 0.467. The molecule has 0 aliphatic carbocycles. The molecule has 114 valence electrons. The van der Waals surface area contributed by atoms with E-state index in [0.29, 0.717) is 5.69 Å². The summed E-state index contributed by atoms with van der Waals surface area (Å²) < 4.78 is 0. The average Bonchev–Trinajstić information content (AvgIpc) is 3.07. The summed E-state index contributed by atoms with van der Waals surface area (Å²) in [6, 6.07) is 4.05. The zero-order valence-corrected chi connectivity index (χ0v) is 13.5. The van der Waals surface area contributed by atoms with Crippen molar-refractivity contribution >= 4 is 22.9 Å². The van der Waals surface area contributed by atoms with Crippen molar-refractivity contribution in [2.45, 2.75) is 45.6 Å². The molecule has 1 amide bonds. The number of nitrogens with one attached hydrogen (secondary N) is 2. The predicted molar refractivity (Wildman–Crippen MR) is 86.5 cm³/mol. The van der Waals surface area contributed by atoms with Gasteiger partial charge in [-0.2, -0.15) is 5.10 Å². The third-order valence-electron chi connectivity index (χ3n) is 3.40. The molecule has 0 fully saturated rings. The number of H-pyrrole nitrogens is 1. The molecule has 2 aromatic heterocycles. The molecule has 0 saturated heterocycles. The number of aromatic nitrogens is 2. The number of thiophene rings is 1. The summed E-state index contributed by atoms with van der Waals surface area (Å²) in [5, 5.41) is 12.0.